The lowest BCUT2D eigenvalue weighted by atomic mass is 9.70. The Bertz CT molecular complexity index is 1110. The van der Waals surface area contributed by atoms with Crippen molar-refractivity contribution in [1.82, 2.24) is 0 Å². The van der Waals surface area contributed by atoms with Gasteiger partial charge in [0.05, 0.1) is 10.6 Å². The molecule has 1 aliphatic rings. The topological polar surface area (TPSA) is 113 Å². The molecule has 8 heteroatoms. The smallest absolute Gasteiger partial charge is 0.288 e. The fourth-order valence-electron chi connectivity index (χ4n) is 3.86. The molecule has 0 radical (unpaired) electrons. The van der Waals surface area contributed by atoms with Crippen LogP contribution in [0, 0.1) is 17.0 Å². The second-order valence-corrected chi connectivity index (χ2v) is 7.19. The van der Waals surface area contributed by atoms with Gasteiger partial charge in [-0.1, -0.05) is 35.9 Å². The molecule has 0 spiro atoms. The van der Waals surface area contributed by atoms with Gasteiger partial charge in [0.15, 0.2) is 0 Å². The molecule has 0 bridgehead atoms. The zero-order valence-corrected chi connectivity index (χ0v) is 15.9. The molecule has 0 saturated heterocycles. The summed E-state index contributed by atoms with van der Waals surface area (Å²) in [5, 5.41) is 33.8. The number of halogens is 1. The van der Waals surface area contributed by atoms with Crippen molar-refractivity contribution < 1.29 is 19.9 Å². The van der Waals surface area contributed by atoms with E-state index in [1.54, 1.807) is 31.2 Å². The monoisotopic (exact) mass is 410 g/mol. The Morgan fingerprint density at radius 3 is 1.93 bits per heavy atom. The largest absolute Gasteiger partial charge is 0.508 e. The first kappa shape index (κ1) is 18.8. The number of nitrogens with zero attached hydrogens (tertiary/aromatic N) is 1. The Hall–Kier alpha value is -3.58. The molecule has 7 nitrogen and oxygen atoms in total. The number of phenolic OH excluding ortho intramolecular Hbond substituents is 2. The van der Waals surface area contributed by atoms with Gasteiger partial charge in [0.25, 0.3) is 5.69 Å². The maximum atomic E-state index is 13.4. The van der Waals surface area contributed by atoms with Crippen molar-refractivity contribution in [3.8, 4) is 11.5 Å². The molecule has 0 aromatic heterocycles. The number of anilines is 1. The number of hydrogen-bond acceptors (Lipinski definition) is 5. The van der Waals surface area contributed by atoms with E-state index < -0.39 is 16.2 Å². The number of benzene rings is 3. The normalized spacial score (nSPS) is 14.3. The Morgan fingerprint density at radius 1 is 1.00 bits per heavy atom. The molecule has 0 fully saturated rings. The van der Waals surface area contributed by atoms with E-state index in [0.717, 1.165) is 0 Å². The number of rotatable bonds is 3. The second kappa shape index (κ2) is 6.49. The number of phenols is 2. The average molecular weight is 411 g/mol. The van der Waals surface area contributed by atoms with Crippen molar-refractivity contribution in [1.29, 1.82) is 0 Å². The van der Waals surface area contributed by atoms with E-state index in [9.17, 15) is 25.1 Å². The van der Waals surface area contributed by atoms with Crippen LogP contribution in [0.5, 0.6) is 11.5 Å². The zero-order valence-electron chi connectivity index (χ0n) is 15.1. The van der Waals surface area contributed by atoms with Crippen LogP contribution in [-0.2, 0) is 10.2 Å². The minimum absolute atomic E-state index is 0.0199. The molecule has 3 aromatic carbocycles. The van der Waals surface area contributed by atoms with Gasteiger partial charge in [0, 0.05) is 11.6 Å². The molecule has 0 aliphatic carbocycles. The number of fused-ring (bicyclic) bond motifs is 1. The average Bonchev–Trinajstić information content (AvgIpc) is 2.99. The first-order valence-corrected chi connectivity index (χ1v) is 9.03. The van der Waals surface area contributed by atoms with E-state index in [-0.39, 0.29) is 22.2 Å². The first-order valence-electron chi connectivity index (χ1n) is 8.65. The van der Waals surface area contributed by atoms with E-state index in [4.69, 9.17) is 11.6 Å². The van der Waals surface area contributed by atoms with Crippen molar-refractivity contribution in [3.05, 3.63) is 92.0 Å². The quantitative estimate of drug-likeness (QED) is 0.441. The molecular formula is C21H15ClN2O5. The lowest BCUT2D eigenvalue weighted by Gasteiger charge is -2.29. The molecule has 146 valence electrons. The number of carbonyl (C=O) groups excluding carboxylic acids is 1. The third kappa shape index (κ3) is 2.62. The molecule has 0 saturated carbocycles. The number of nitro groups is 1. The number of carbonyl (C=O) groups is 1. The van der Waals surface area contributed by atoms with E-state index in [0.29, 0.717) is 27.9 Å². The molecule has 1 heterocycles. The minimum atomic E-state index is -1.42. The maximum absolute atomic E-state index is 13.4. The lowest BCUT2D eigenvalue weighted by Crippen LogP contribution is -2.37. The summed E-state index contributed by atoms with van der Waals surface area (Å²) < 4.78 is 0. The summed E-state index contributed by atoms with van der Waals surface area (Å²) in [6.45, 7) is 1.61. The number of aromatic hydroxyl groups is 2. The van der Waals surface area contributed by atoms with Crippen molar-refractivity contribution >= 4 is 28.9 Å². The van der Waals surface area contributed by atoms with Crippen LogP contribution in [0.2, 0.25) is 5.02 Å². The van der Waals surface area contributed by atoms with Gasteiger partial charge in [0.2, 0.25) is 5.91 Å². The Balaban J connectivity index is 2.13. The van der Waals surface area contributed by atoms with Crippen molar-refractivity contribution in [2.24, 2.45) is 0 Å². The molecule has 29 heavy (non-hydrogen) atoms. The van der Waals surface area contributed by atoms with Crippen LogP contribution in [0.15, 0.2) is 54.6 Å². The number of nitro benzene ring substituents is 1. The molecule has 3 N–H and O–H groups in total. The van der Waals surface area contributed by atoms with Crippen LogP contribution in [-0.4, -0.2) is 21.0 Å². The summed E-state index contributed by atoms with van der Waals surface area (Å²) in [6.07, 6.45) is 0. The highest BCUT2D eigenvalue weighted by Crippen LogP contribution is 2.52. The minimum Gasteiger partial charge on any atom is -0.508 e. The SMILES string of the molecule is Cc1c(Cl)c([N+](=O)[O-])cc2c1NC(=O)C2(c1ccc(O)cc1)c1ccc(O)cc1. The molecule has 0 atom stereocenters. The predicted molar refractivity (Wildman–Crippen MR) is 108 cm³/mol. The second-order valence-electron chi connectivity index (χ2n) is 6.81. The first-order chi connectivity index (χ1) is 13.8. The summed E-state index contributed by atoms with van der Waals surface area (Å²) in [5.74, 6) is -0.374. The highest BCUT2D eigenvalue weighted by Gasteiger charge is 2.51. The summed E-state index contributed by atoms with van der Waals surface area (Å²) in [6, 6.07) is 13.4. The summed E-state index contributed by atoms with van der Waals surface area (Å²) in [4.78, 5) is 24.4. The Kier molecular flexibility index (Phi) is 4.20. The van der Waals surface area contributed by atoms with Gasteiger partial charge in [-0.25, -0.2) is 0 Å². The van der Waals surface area contributed by atoms with Crippen LogP contribution < -0.4 is 5.32 Å². The molecule has 3 aromatic rings. The molecule has 1 aliphatic heterocycles. The fraction of sp³-hybridized carbons (Fsp3) is 0.0952. The van der Waals surface area contributed by atoms with Crippen LogP contribution in [0.4, 0.5) is 11.4 Å². The van der Waals surface area contributed by atoms with Gasteiger partial charge < -0.3 is 15.5 Å². The number of nitrogens with one attached hydrogen (secondary N) is 1. The highest BCUT2D eigenvalue weighted by atomic mass is 35.5. The van der Waals surface area contributed by atoms with Gasteiger partial charge in [0.1, 0.15) is 21.9 Å². The summed E-state index contributed by atoms with van der Waals surface area (Å²) in [5.41, 5.74) is 0.474. The van der Waals surface area contributed by atoms with Crippen molar-refractivity contribution in [2.45, 2.75) is 12.3 Å². The third-order valence-corrected chi connectivity index (χ3v) is 5.74. The van der Waals surface area contributed by atoms with Gasteiger partial charge in [-0.3, -0.25) is 14.9 Å². The number of hydrogen-bond donors (Lipinski definition) is 3. The van der Waals surface area contributed by atoms with Crippen molar-refractivity contribution in [2.75, 3.05) is 5.32 Å². The Morgan fingerprint density at radius 2 is 1.48 bits per heavy atom. The zero-order chi connectivity index (χ0) is 20.9. The van der Waals surface area contributed by atoms with Gasteiger partial charge in [-0.15, -0.1) is 0 Å². The highest BCUT2D eigenvalue weighted by molar-refractivity contribution is 6.34. The van der Waals surface area contributed by atoms with Gasteiger partial charge in [-0.05, 0) is 47.9 Å². The van der Waals surface area contributed by atoms with E-state index in [1.807, 2.05) is 0 Å². The molecular weight excluding hydrogens is 396 g/mol. The lowest BCUT2D eigenvalue weighted by molar-refractivity contribution is -0.384. The molecule has 4 rings (SSSR count). The van der Waals surface area contributed by atoms with E-state index in [2.05, 4.69) is 5.32 Å². The fourth-order valence-corrected chi connectivity index (χ4v) is 4.08. The van der Waals surface area contributed by atoms with Crippen LogP contribution >= 0.6 is 11.6 Å². The summed E-state index contributed by atoms with van der Waals surface area (Å²) >= 11 is 6.19. The maximum Gasteiger partial charge on any atom is 0.288 e. The van der Waals surface area contributed by atoms with Crippen LogP contribution in [0.3, 0.4) is 0 Å². The Labute approximate surface area is 170 Å². The van der Waals surface area contributed by atoms with Crippen molar-refractivity contribution in [3.63, 3.8) is 0 Å². The molecule has 1 amide bonds. The van der Waals surface area contributed by atoms with Gasteiger partial charge in [-0.2, -0.15) is 0 Å². The standard InChI is InChI=1S/C21H15ClN2O5/c1-11-18(22)17(24(28)29)10-16-19(11)23-20(27)21(16,12-2-6-14(25)7-3-12)13-4-8-15(26)9-5-13/h2-10,25-26H,1H3,(H,23,27). The van der Waals surface area contributed by atoms with E-state index in [1.165, 1.54) is 30.3 Å². The summed E-state index contributed by atoms with van der Waals surface area (Å²) in [7, 11) is 0. The van der Waals surface area contributed by atoms with E-state index >= 15 is 0 Å². The number of amides is 1. The molecule has 0 unspecified atom stereocenters. The third-order valence-electron chi connectivity index (χ3n) is 5.26. The van der Waals surface area contributed by atoms with Gasteiger partial charge >= 0.3 is 0 Å². The predicted octanol–water partition coefficient (Wildman–Crippen LogP) is 4.25. The van der Waals surface area contributed by atoms with Crippen LogP contribution in [0.25, 0.3) is 0 Å². The van der Waals surface area contributed by atoms with Crippen LogP contribution in [0.1, 0.15) is 22.3 Å².